The molecule has 0 saturated heterocycles. The number of nitrogens with zero attached hydrogens (tertiary/aromatic N) is 2. The molecule has 2 aromatic rings. The fraction of sp³-hybridized carbons (Fsp3) is 0.125. The highest BCUT2D eigenvalue weighted by Crippen LogP contribution is 2.28. The van der Waals surface area contributed by atoms with Crippen LogP contribution >= 0.6 is 0 Å². The molecule has 0 bridgehead atoms. The van der Waals surface area contributed by atoms with Gasteiger partial charge in [0.2, 0.25) is 5.88 Å². The third-order valence-corrected chi connectivity index (χ3v) is 2.89. The molecule has 0 radical (unpaired) electrons. The largest absolute Gasteiger partial charge is 0.504 e. The molecule has 7 nitrogen and oxygen atoms in total. The van der Waals surface area contributed by atoms with Gasteiger partial charge in [-0.1, -0.05) is 18.2 Å². The number of ether oxygens (including phenoxy) is 1. The molecule has 0 unspecified atom stereocenters. The van der Waals surface area contributed by atoms with Crippen LogP contribution in [0.4, 0.5) is 0 Å². The molecule has 1 aromatic carbocycles. The molecule has 2 rings (SSSR count). The highest BCUT2D eigenvalue weighted by atomic mass is 16.5. The highest BCUT2D eigenvalue weighted by molar-refractivity contribution is 5.98. The quantitative estimate of drug-likeness (QED) is 0.786. The van der Waals surface area contributed by atoms with Crippen LogP contribution in [-0.4, -0.2) is 26.9 Å². The maximum absolute atomic E-state index is 12.0. The minimum Gasteiger partial charge on any atom is -0.504 e. The zero-order valence-electron chi connectivity index (χ0n) is 11.9. The van der Waals surface area contributed by atoms with Crippen molar-refractivity contribution in [2.75, 3.05) is 0 Å². The van der Waals surface area contributed by atoms with Gasteiger partial charge in [-0.2, -0.15) is 5.26 Å². The summed E-state index contributed by atoms with van der Waals surface area (Å²) >= 11 is 0. The summed E-state index contributed by atoms with van der Waals surface area (Å²) in [5.41, 5.74) is -0.555. The Kier molecular flexibility index (Phi) is 4.89. The molecule has 23 heavy (non-hydrogen) atoms. The normalized spacial score (nSPS) is 9.87. The predicted octanol–water partition coefficient (Wildman–Crippen LogP) is 2.50. The van der Waals surface area contributed by atoms with Gasteiger partial charge in [0.25, 0.3) is 0 Å². The van der Waals surface area contributed by atoms with Gasteiger partial charge < -0.3 is 14.9 Å². The SMILES string of the molecule is N#Cc1cc(Oc2ccccc2)nc(C(=O)CCC(=O)O)c1O. The predicted molar refractivity (Wildman–Crippen MR) is 78.3 cm³/mol. The van der Waals surface area contributed by atoms with Gasteiger partial charge in [0, 0.05) is 12.5 Å². The number of rotatable bonds is 6. The molecule has 0 atom stereocenters. The van der Waals surface area contributed by atoms with Gasteiger partial charge in [0.15, 0.2) is 17.2 Å². The van der Waals surface area contributed by atoms with E-state index < -0.39 is 23.9 Å². The standard InChI is InChI=1S/C16H12N2O5/c17-9-10-8-13(23-11-4-2-1-3-5-11)18-15(16(10)22)12(19)6-7-14(20)21/h1-5,8,22H,6-7H2,(H,20,21). The van der Waals surface area contributed by atoms with E-state index in [1.807, 2.05) is 0 Å². The van der Waals surface area contributed by atoms with Gasteiger partial charge in [0.1, 0.15) is 17.4 Å². The molecular formula is C16H12N2O5. The summed E-state index contributed by atoms with van der Waals surface area (Å²) in [6, 6.07) is 11.5. The maximum Gasteiger partial charge on any atom is 0.303 e. The number of pyridine rings is 1. The molecule has 7 heteroatoms. The molecule has 0 spiro atoms. The molecular weight excluding hydrogens is 300 g/mol. The number of nitriles is 1. The van der Waals surface area contributed by atoms with Crippen LogP contribution in [0, 0.1) is 11.3 Å². The Hall–Kier alpha value is -3.40. The van der Waals surface area contributed by atoms with Crippen molar-refractivity contribution in [1.29, 1.82) is 5.26 Å². The average molecular weight is 312 g/mol. The first-order chi connectivity index (χ1) is 11.0. The van der Waals surface area contributed by atoms with Crippen LogP contribution in [0.5, 0.6) is 17.4 Å². The molecule has 1 aromatic heterocycles. The number of aliphatic carboxylic acids is 1. The van der Waals surface area contributed by atoms with Crippen molar-refractivity contribution in [2.45, 2.75) is 12.8 Å². The van der Waals surface area contributed by atoms with E-state index in [1.54, 1.807) is 36.4 Å². The molecule has 1 heterocycles. The Balaban J connectivity index is 2.34. The number of ketones is 1. The van der Waals surface area contributed by atoms with E-state index >= 15 is 0 Å². The summed E-state index contributed by atoms with van der Waals surface area (Å²) in [7, 11) is 0. The second-order valence-corrected chi connectivity index (χ2v) is 4.55. The van der Waals surface area contributed by atoms with Crippen LogP contribution in [-0.2, 0) is 4.79 Å². The van der Waals surface area contributed by atoms with Crippen molar-refractivity contribution >= 4 is 11.8 Å². The second kappa shape index (κ2) is 7.04. The van der Waals surface area contributed by atoms with Gasteiger partial charge in [-0.25, -0.2) is 4.98 Å². The van der Waals surface area contributed by atoms with Gasteiger partial charge >= 0.3 is 5.97 Å². The van der Waals surface area contributed by atoms with E-state index in [1.165, 1.54) is 6.07 Å². The first-order valence-corrected chi connectivity index (χ1v) is 6.63. The van der Waals surface area contributed by atoms with Crippen molar-refractivity contribution in [3.8, 4) is 23.4 Å². The lowest BCUT2D eigenvalue weighted by atomic mass is 10.1. The van der Waals surface area contributed by atoms with Crippen LogP contribution in [0.3, 0.4) is 0 Å². The Morgan fingerprint density at radius 2 is 1.91 bits per heavy atom. The van der Waals surface area contributed by atoms with E-state index in [2.05, 4.69) is 4.98 Å². The zero-order chi connectivity index (χ0) is 16.8. The third kappa shape index (κ3) is 4.04. The number of hydrogen-bond acceptors (Lipinski definition) is 6. The Labute approximate surface area is 131 Å². The van der Waals surface area contributed by atoms with E-state index in [0.717, 1.165) is 0 Å². The maximum atomic E-state index is 12.0. The molecule has 0 fully saturated rings. The van der Waals surface area contributed by atoms with Crippen molar-refractivity contribution in [1.82, 2.24) is 4.98 Å². The monoisotopic (exact) mass is 312 g/mol. The first-order valence-electron chi connectivity index (χ1n) is 6.63. The molecule has 0 amide bonds. The number of aromatic hydroxyl groups is 1. The summed E-state index contributed by atoms with van der Waals surface area (Å²) in [6.07, 6.45) is -0.735. The molecule has 0 aliphatic rings. The lowest BCUT2D eigenvalue weighted by Gasteiger charge is -2.09. The summed E-state index contributed by atoms with van der Waals surface area (Å²) in [5.74, 6) is -2.00. The lowest BCUT2D eigenvalue weighted by Crippen LogP contribution is -2.07. The summed E-state index contributed by atoms with van der Waals surface area (Å²) in [4.78, 5) is 26.4. The van der Waals surface area contributed by atoms with Gasteiger partial charge in [-0.3, -0.25) is 9.59 Å². The van der Waals surface area contributed by atoms with Crippen molar-refractivity contribution in [2.24, 2.45) is 0 Å². The molecule has 0 aliphatic carbocycles. The number of hydrogen-bond donors (Lipinski definition) is 2. The van der Waals surface area contributed by atoms with E-state index in [0.29, 0.717) is 5.75 Å². The Bertz CT molecular complexity index is 781. The molecule has 0 saturated carbocycles. The minimum atomic E-state index is -1.14. The van der Waals surface area contributed by atoms with Gasteiger partial charge in [-0.05, 0) is 12.1 Å². The fourth-order valence-electron chi connectivity index (χ4n) is 1.79. The van der Waals surface area contributed by atoms with Crippen molar-refractivity contribution in [3.05, 3.63) is 47.7 Å². The number of aromatic nitrogens is 1. The number of benzene rings is 1. The molecule has 116 valence electrons. The van der Waals surface area contributed by atoms with Crippen LogP contribution in [0.25, 0.3) is 0 Å². The van der Waals surface area contributed by atoms with E-state index in [-0.39, 0.29) is 23.6 Å². The Morgan fingerprint density at radius 1 is 1.22 bits per heavy atom. The van der Waals surface area contributed by atoms with E-state index in [9.17, 15) is 14.7 Å². The summed E-state index contributed by atoms with van der Waals surface area (Å²) in [5, 5.41) is 27.6. The van der Waals surface area contributed by atoms with Crippen molar-refractivity contribution in [3.63, 3.8) is 0 Å². The third-order valence-electron chi connectivity index (χ3n) is 2.89. The van der Waals surface area contributed by atoms with Crippen molar-refractivity contribution < 1.29 is 24.5 Å². The average Bonchev–Trinajstić information content (AvgIpc) is 2.55. The number of para-hydroxylation sites is 1. The van der Waals surface area contributed by atoms with Gasteiger partial charge in [0.05, 0.1) is 6.42 Å². The number of carbonyl (C=O) groups is 2. The number of Topliss-reactive ketones (excluding diaryl/α,β-unsaturated/α-hetero) is 1. The zero-order valence-corrected chi connectivity index (χ0v) is 11.9. The van der Waals surface area contributed by atoms with Crippen LogP contribution in [0.2, 0.25) is 0 Å². The first kappa shape index (κ1) is 16.0. The van der Waals surface area contributed by atoms with Gasteiger partial charge in [-0.15, -0.1) is 0 Å². The second-order valence-electron chi connectivity index (χ2n) is 4.55. The number of carboxylic acids is 1. The van der Waals surface area contributed by atoms with Crippen LogP contribution in [0.15, 0.2) is 36.4 Å². The summed E-state index contributed by atoms with van der Waals surface area (Å²) in [6.45, 7) is 0. The smallest absolute Gasteiger partial charge is 0.303 e. The lowest BCUT2D eigenvalue weighted by molar-refractivity contribution is -0.136. The number of carboxylic acid groups (broad SMARTS) is 1. The fourth-order valence-corrected chi connectivity index (χ4v) is 1.79. The molecule has 0 aliphatic heterocycles. The number of carbonyl (C=O) groups excluding carboxylic acids is 1. The molecule has 2 N–H and O–H groups in total. The van der Waals surface area contributed by atoms with Crippen LogP contribution in [0.1, 0.15) is 28.9 Å². The highest BCUT2D eigenvalue weighted by Gasteiger charge is 2.20. The van der Waals surface area contributed by atoms with Crippen LogP contribution < -0.4 is 4.74 Å². The van der Waals surface area contributed by atoms with E-state index in [4.69, 9.17) is 15.1 Å². The Morgan fingerprint density at radius 3 is 2.52 bits per heavy atom. The topological polar surface area (TPSA) is 121 Å². The minimum absolute atomic E-state index is 0.0378. The summed E-state index contributed by atoms with van der Waals surface area (Å²) < 4.78 is 5.45.